The Morgan fingerprint density at radius 2 is 1.49 bits per heavy atom. The van der Waals surface area contributed by atoms with Crippen LogP contribution < -0.4 is 28.3 Å². The normalized spacial score (nSPS) is 52.7. The molecule has 0 aromatic carbocycles. The fourth-order valence-corrected chi connectivity index (χ4v) is 5.59. The first-order valence-electron chi connectivity index (χ1n) is 13.1. The lowest BCUT2D eigenvalue weighted by Gasteiger charge is -2.51. The number of fused-ring (bicyclic) bond motifs is 1. The first kappa shape index (κ1) is 31.0. The highest BCUT2D eigenvalue weighted by Gasteiger charge is 2.54. The summed E-state index contributed by atoms with van der Waals surface area (Å²) in [5.41, 5.74) is 24.1. The van der Waals surface area contributed by atoms with Gasteiger partial charge in [-0.2, -0.15) is 0 Å². The lowest BCUT2D eigenvalue weighted by atomic mass is 9.84. The highest BCUT2D eigenvalue weighted by atomic mass is 16.8. The van der Waals surface area contributed by atoms with Crippen molar-refractivity contribution in [2.24, 2.45) is 22.9 Å². The van der Waals surface area contributed by atoms with E-state index in [1.165, 1.54) is 0 Å². The molecular weight excluding hydrogens is 522 g/mol. The van der Waals surface area contributed by atoms with E-state index >= 15 is 0 Å². The summed E-state index contributed by atoms with van der Waals surface area (Å²) in [5.74, 6) is 0. The predicted octanol–water partition coefficient (Wildman–Crippen LogP) is -6.39. The zero-order valence-electron chi connectivity index (χ0n) is 21.5. The molecule has 3 heterocycles. The minimum Gasteiger partial charge on any atom is -0.394 e. The van der Waals surface area contributed by atoms with Crippen LogP contribution in [0.4, 0.5) is 0 Å². The van der Waals surface area contributed by atoms with E-state index in [0.717, 1.165) is 0 Å². The molecule has 15 N–H and O–H groups in total. The SMILES string of the molecule is C=CCN[C@@H]1[C@@H](O[C@H]2O[C@H](CO)[C@@H](N)[C@H](O)[C@H]2O)OC2C[C@@H](N)[C@@H](O[C@H]3[C@H](O)[C@@H](O)[C@H](N)C[C@@H]3N)O[C@@H]2[C@@H]1O. The van der Waals surface area contributed by atoms with E-state index in [2.05, 4.69) is 11.9 Å². The summed E-state index contributed by atoms with van der Waals surface area (Å²) < 4.78 is 29.5. The Balaban J connectivity index is 1.47. The summed E-state index contributed by atoms with van der Waals surface area (Å²) in [7, 11) is 0. The van der Waals surface area contributed by atoms with Gasteiger partial charge in [-0.3, -0.25) is 0 Å². The summed E-state index contributed by atoms with van der Waals surface area (Å²) in [6.45, 7) is 3.38. The smallest absolute Gasteiger partial charge is 0.189 e. The molecule has 4 aliphatic rings. The maximum absolute atomic E-state index is 11.3. The third kappa shape index (κ3) is 6.31. The Morgan fingerprint density at radius 1 is 0.769 bits per heavy atom. The zero-order valence-corrected chi connectivity index (χ0v) is 21.5. The molecule has 1 saturated carbocycles. The van der Waals surface area contributed by atoms with Crippen LogP contribution in [0.2, 0.25) is 0 Å². The van der Waals surface area contributed by atoms with E-state index in [4.69, 9.17) is 46.6 Å². The van der Waals surface area contributed by atoms with Crippen LogP contribution in [-0.2, 0) is 23.7 Å². The number of ether oxygens (including phenoxy) is 5. The highest BCUT2D eigenvalue weighted by molar-refractivity contribution is 5.02. The van der Waals surface area contributed by atoms with Crippen molar-refractivity contribution in [1.82, 2.24) is 5.32 Å². The minimum absolute atomic E-state index is 0.140. The van der Waals surface area contributed by atoms with Crippen molar-refractivity contribution in [1.29, 1.82) is 0 Å². The first-order chi connectivity index (χ1) is 18.5. The van der Waals surface area contributed by atoms with Gasteiger partial charge >= 0.3 is 0 Å². The lowest BCUT2D eigenvalue weighted by Crippen LogP contribution is -2.70. The van der Waals surface area contributed by atoms with Crippen LogP contribution in [0.3, 0.4) is 0 Å². The Labute approximate surface area is 225 Å². The van der Waals surface area contributed by atoms with Crippen molar-refractivity contribution < 1.29 is 54.3 Å². The summed E-state index contributed by atoms with van der Waals surface area (Å²) in [6, 6.07) is -4.15. The van der Waals surface area contributed by atoms with Crippen LogP contribution in [-0.4, -0.2) is 148 Å². The molecule has 226 valence electrons. The van der Waals surface area contributed by atoms with Gasteiger partial charge in [-0.05, 0) is 12.8 Å². The van der Waals surface area contributed by atoms with Crippen molar-refractivity contribution in [3.05, 3.63) is 12.7 Å². The quantitative estimate of drug-likeness (QED) is 0.122. The molecule has 0 bridgehead atoms. The largest absolute Gasteiger partial charge is 0.394 e. The Morgan fingerprint density at radius 3 is 2.15 bits per heavy atom. The molecule has 1 aliphatic carbocycles. The van der Waals surface area contributed by atoms with Crippen LogP contribution in [0.15, 0.2) is 12.7 Å². The van der Waals surface area contributed by atoms with Gasteiger partial charge in [-0.15, -0.1) is 6.58 Å². The molecule has 17 atom stereocenters. The van der Waals surface area contributed by atoms with Gasteiger partial charge in [0.25, 0.3) is 0 Å². The van der Waals surface area contributed by atoms with Gasteiger partial charge in [-0.1, -0.05) is 6.08 Å². The van der Waals surface area contributed by atoms with E-state index in [1.54, 1.807) is 6.08 Å². The number of rotatable bonds is 8. The number of hydrogen-bond donors (Lipinski definition) is 11. The molecule has 16 nitrogen and oxygen atoms in total. The van der Waals surface area contributed by atoms with Gasteiger partial charge in [0, 0.05) is 18.6 Å². The number of nitrogens with two attached hydrogens (primary N) is 4. The fourth-order valence-electron chi connectivity index (χ4n) is 5.59. The van der Waals surface area contributed by atoms with E-state index in [1.807, 2.05) is 0 Å². The topological polar surface area (TPSA) is 284 Å². The number of nitrogens with one attached hydrogen (secondary N) is 1. The average molecular weight is 566 g/mol. The van der Waals surface area contributed by atoms with E-state index in [0.29, 0.717) is 0 Å². The van der Waals surface area contributed by atoms with Gasteiger partial charge in [0.1, 0.15) is 42.7 Å². The van der Waals surface area contributed by atoms with Gasteiger partial charge in [0.05, 0.1) is 36.9 Å². The monoisotopic (exact) mass is 565 g/mol. The maximum atomic E-state index is 11.3. The second-order valence-electron chi connectivity index (χ2n) is 10.7. The van der Waals surface area contributed by atoms with Crippen molar-refractivity contribution in [3.63, 3.8) is 0 Å². The van der Waals surface area contributed by atoms with Gasteiger partial charge < -0.3 is 82.6 Å². The summed E-state index contributed by atoms with van der Waals surface area (Å²) >= 11 is 0. The molecular formula is C23H43N5O11. The Hall–Kier alpha value is -0.900. The molecule has 3 saturated heterocycles. The van der Waals surface area contributed by atoms with E-state index < -0.39 is 111 Å². The van der Waals surface area contributed by atoms with Crippen LogP contribution in [0.25, 0.3) is 0 Å². The number of aliphatic hydroxyl groups is 6. The average Bonchev–Trinajstić information content (AvgIpc) is 2.90. The van der Waals surface area contributed by atoms with Gasteiger partial charge in [0.15, 0.2) is 18.9 Å². The van der Waals surface area contributed by atoms with E-state index in [9.17, 15) is 30.6 Å². The highest BCUT2D eigenvalue weighted by Crippen LogP contribution is 2.35. The molecule has 0 amide bonds. The molecule has 16 heteroatoms. The molecule has 1 unspecified atom stereocenters. The molecule has 4 fully saturated rings. The van der Waals surface area contributed by atoms with Crippen molar-refractivity contribution in [2.75, 3.05) is 13.2 Å². The van der Waals surface area contributed by atoms with Crippen LogP contribution in [0.1, 0.15) is 12.8 Å². The van der Waals surface area contributed by atoms with Crippen molar-refractivity contribution in [2.45, 2.75) is 117 Å². The van der Waals surface area contributed by atoms with Crippen molar-refractivity contribution in [3.8, 4) is 0 Å². The zero-order chi connectivity index (χ0) is 28.6. The van der Waals surface area contributed by atoms with Gasteiger partial charge in [0.2, 0.25) is 0 Å². The number of aliphatic hydroxyl groups excluding tert-OH is 6. The molecule has 0 radical (unpaired) electrons. The third-order valence-corrected chi connectivity index (χ3v) is 7.91. The van der Waals surface area contributed by atoms with E-state index in [-0.39, 0.29) is 19.4 Å². The molecule has 39 heavy (non-hydrogen) atoms. The molecule has 0 aromatic rings. The Kier molecular flexibility index (Phi) is 10.3. The van der Waals surface area contributed by atoms with Crippen LogP contribution >= 0.6 is 0 Å². The second-order valence-corrected chi connectivity index (χ2v) is 10.7. The standard InChI is InChI=1S/C23H43N5O11/c1-2-3-28-13-16(32)20-10(35-22(13)39-23-18(34)15(31)12(27)11(6-29)36-23)5-9(26)21(38-20)37-19-8(25)4-7(24)14(30)17(19)33/h2,7-23,28-34H,1,3-6,24-27H2/t7-,8+,9-,10?,11-,12-,13+,14+,15+,16-,17-,18-,19-,20+,21+,22-,23-/m1/s1. The fraction of sp³-hybridized carbons (Fsp3) is 0.913. The maximum Gasteiger partial charge on any atom is 0.189 e. The number of hydrogen-bond acceptors (Lipinski definition) is 16. The first-order valence-corrected chi connectivity index (χ1v) is 13.1. The predicted molar refractivity (Wildman–Crippen MR) is 132 cm³/mol. The summed E-state index contributed by atoms with van der Waals surface area (Å²) in [6.07, 6.45) is -12.5. The minimum atomic E-state index is -1.56. The van der Waals surface area contributed by atoms with Crippen LogP contribution in [0.5, 0.6) is 0 Å². The van der Waals surface area contributed by atoms with Crippen molar-refractivity contribution >= 4 is 0 Å². The molecule has 0 spiro atoms. The van der Waals surface area contributed by atoms with Crippen LogP contribution in [0, 0.1) is 0 Å². The lowest BCUT2D eigenvalue weighted by molar-refractivity contribution is -0.373. The molecule has 0 aromatic heterocycles. The third-order valence-electron chi connectivity index (χ3n) is 7.91. The Bertz CT molecular complexity index is 816. The summed E-state index contributed by atoms with van der Waals surface area (Å²) in [5, 5.41) is 65.4. The van der Waals surface area contributed by atoms with Gasteiger partial charge in [-0.25, -0.2) is 0 Å². The summed E-state index contributed by atoms with van der Waals surface area (Å²) in [4.78, 5) is 0. The molecule has 3 aliphatic heterocycles. The second kappa shape index (κ2) is 13.0. The molecule has 4 rings (SSSR count).